The Bertz CT molecular complexity index is 434. The molecule has 0 aromatic heterocycles. The molecule has 1 aromatic carbocycles. The molecule has 1 amide bonds. The first-order valence-electron chi connectivity index (χ1n) is 5.62. The van der Waals surface area contributed by atoms with Crippen LogP contribution in [-0.2, 0) is 4.79 Å². The molecule has 0 saturated carbocycles. The summed E-state index contributed by atoms with van der Waals surface area (Å²) in [6.07, 6.45) is 0. The van der Waals surface area contributed by atoms with Gasteiger partial charge in [-0.05, 0) is 31.2 Å². The zero-order valence-corrected chi connectivity index (χ0v) is 14.0. The molecular formula is C12H16BrClF2N2OS. The van der Waals surface area contributed by atoms with E-state index in [-0.39, 0.29) is 12.4 Å². The smallest absolute Gasteiger partial charge is 0.277 e. The molecule has 3 N–H and O–H groups in total. The Morgan fingerprint density at radius 2 is 2.00 bits per heavy atom. The van der Waals surface area contributed by atoms with Gasteiger partial charge < -0.3 is 11.1 Å². The van der Waals surface area contributed by atoms with Crippen molar-refractivity contribution in [2.75, 3.05) is 13.1 Å². The molecule has 1 aromatic rings. The van der Waals surface area contributed by atoms with Crippen molar-refractivity contribution in [3.63, 3.8) is 0 Å². The van der Waals surface area contributed by atoms with Crippen LogP contribution < -0.4 is 11.1 Å². The van der Waals surface area contributed by atoms with Gasteiger partial charge in [-0.15, -0.1) is 24.2 Å². The number of rotatable bonds is 6. The summed E-state index contributed by atoms with van der Waals surface area (Å²) in [6, 6.07) is 7.42. The average Bonchev–Trinajstić information content (AvgIpc) is 2.38. The summed E-state index contributed by atoms with van der Waals surface area (Å²) in [5.74, 6) is -3.49. The molecule has 0 saturated heterocycles. The van der Waals surface area contributed by atoms with E-state index in [9.17, 15) is 13.6 Å². The third kappa shape index (κ3) is 6.88. The summed E-state index contributed by atoms with van der Waals surface area (Å²) >= 11 is 4.62. The molecule has 0 aliphatic heterocycles. The van der Waals surface area contributed by atoms with E-state index in [2.05, 4.69) is 21.2 Å². The van der Waals surface area contributed by atoms with Crippen LogP contribution in [0.5, 0.6) is 0 Å². The number of hydrogen-bond donors (Lipinski definition) is 2. The van der Waals surface area contributed by atoms with Crippen molar-refractivity contribution in [3.8, 4) is 0 Å². The van der Waals surface area contributed by atoms with Crippen molar-refractivity contribution in [1.82, 2.24) is 5.32 Å². The lowest BCUT2D eigenvalue weighted by atomic mass is 10.3. The molecule has 0 bridgehead atoms. The topological polar surface area (TPSA) is 55.1 Å². The zero-order chi connectivity index (χ0) is 14.5. The van der Waals surface area contributed by atoms with Gasteiger partial charge in [0.15, 0.2) is 0 Å². The quantitative estimate of drug-likeness (QED) is 0.735. The van der Waals surface area contributed by atoms with E-state index in [4.69, 9.17) is 5.73 Å². The standard InChI is InChI=1S/C12H15BrF2N2OS.ClH/c1-8(11(18)17-7-12(14,15)6-16)19-10-4-2-9(13)3-5-10;/h2-5,8H,6-7,16H2,1H3,(H,17,18);1H. The molecule has 1 atom stereocenters. The molecule has 0 heterocycles. The Balaban J connectivity index is 0.00000361. The number of alkyl halides is 2. The van der Waals surface area contributed by atoms with Gasteiger partial charge in [0.2, 0.25) is 5.91 Å². The molecule has 114 valence electrons. The fourth-order valence-electron chi connectivity index (χ4n) is 1.20. The average molecular weight is 390 g/mol. The van der Waals surface area contributed by atoms with Gasteiger partial charge in [0.05, 0.1) is 18.3 Å². The van der Waals surface area contributed by atoms with Gasteiger partial charge in [-0.2, -0.15) is 0 Å². The second-order valence-electron chi connectivity index (χ2n) is 3.99. The first-order chi connectivity index (χ1) is 8.84. The van der Waals surface area contributed by atoms with Crippen LogP contribution >= 0.6 is 40.1 Å². The van der Waals surface area contributed by atoms with Crippen LogP contribution in [0.15, 0.2) is 33.6 Å². The van der Waals surface area contributed by atoms with Crippen LogP contribution in [0.25, 0.3) is 0 Å². The molecule has 0 aliphatic carbocycles. The third-order valence-electron chi connectivity index (χ3n) is 2.32. The monoisotopic (exact) mass is 388 g/mol. The number of amides is 1. The zero-order valence-electron chi connectivity index (χ0n) is 10.7. The van der Waals surface area contributed by atoms with Crippen molar-refractivity contribution in [3.05, 3.63) is 28.7 Å². The number of hydrogen-bond acceptors (Lipinski definition) is 3. The van der Waals surface area contributed by atoms with Crippen LogP contribution in [-0.4, -0.2) is 30.2 Å². The number of halogens is 4. The predicted molar refractivity (Wildman–Crippen MR) is 83.7 cm³/mol. The summed E-state index contributed by atoms with van der Waals surface area (Å²) in [5, 5.41) is 1.76. The maximum atomic E-state index is 12.9. The molecule has 1 rings (SSSR count). The van der Waals surface area contributed by atoms with Gasteiger partial charge in [0, 0.05) is 9.37 Å². The van der Waals surface area contributed by atoms with Crippen molar-refractivity contribution in [2.45, 2.75) is 23.0 Å². The van der Waals surface area contributed by atoms with Crippen molar-refractivity contribution >= 4 is 46.0 Å². The minimum absolute atomic E-state index is 0. The molecule has 0 aliphatic rings. The minimum atomic E-state index is -3.06. The van der Waals surface area contributed by atoms with Crippen LogP contribution in [0.2, 0.25) is 0 Å². The van der Waals surface area contributed by atoms with E-state index in [0.29, 0.717) is 0 Å². The van der Waals surface area contributed by atoms with Gasteiger partial charge in [-0.1, -0.05) is 15.9 Å². The lowest BCUT2D eigenvalue weighted by Gasteiger charge is -2.17. The van der Waals surface area contributed by atoms with Gasteiger partial charge in [-0.3, -0.25) is 4.79 Å². The molecule has 0 radical (unpaired) electrons. The van der Waals surface area contributed by atoms with Crippen LogP contribution in [0, 0.1) is 0 Å². The fourth-order valence-corrected chi connectivity index (χ4v) is 2.36. The van der Waals surface area contributed by atoms with Crippen molar-refractivity contribution in [2.24, 2.45) is 5.73 Å². The first-order valence-corrected chi connectivity index (χ1v) is 7.29. The maximum absolute atomic E-state index is 12.9. The number of carbonyl (C=O) groups excluding carboxylic acids is 1. The Morgan fingerprint density at radius 1 is 1.45 bits per heavy atom. The van der Waals surface area contributed by atoms with Crippen LogP contribution in [0.1, 0.15) is 6.92 Å². The Labute approximate surface area is 135 Å². The van der Waals surface area contributed by atoms with E-state index in [0.717, 1.165) is 9.37 Å². The van der Waals surface area contributed by atoms with Crippen LogP contribution in [0.4, 0.5) is 8.78 Å². The molecule has 3 nitrogen and oxygen atoms in total. The van der Waals surface area contributed by atoms with E-state index < -0.39 is 30.2 Å². The fraction of sp³-hybridized carbons (Fsp3) is 0.417. The van der Waals surface area contributed by atoms with E-state index in [1.165, 1.54) is 11.8 Å². The summed E-state index contributed by atoms with van der Waals surface area (Å²) in [5.41, 5.74) is 4.90. The Hall–Kier alpha value is -0.370. The van der Waals surface area contributed by atoms with E-state index in [1.54, 1.807) is 6.92 Å². The van der Waals surface area contributed by atoms with E-state index in [1.807, 2.05) is 24.3 Å². The van der Waals surface area contributed by atoms with Crippen LogP contribution in [0.3, 0.4) is 0 Å². The molecule has 0 fully saturated rings. The minimum Gasteiger partial charge on any atom is -0.349 e. The molecule has 0 spiro atoms. The third-order valence-corrected chi connectivity index (χ3v) is 3.96. The number of benzene rings is 1. The van der Waals surface area contributed by atoms with Gasteiger partial charge in [0.25, 0.3) is 5.92 Å². The lowest BCUT2D eigenvalue weighted by Crippen LogP contribution is -2.43. The normalized spacial score (nSPS) is 12.4. The summed E-state index contributed by atoms with van der Waals surface area (Å²) in [4.78, 5) is 12.6. The van der Waals surface area contributed by atoms with Crippen molar-refractivity contribution in [1.29, 1.82) is 0 Å². The first kappa shape index (κ1) is 19.6. The number of nitrogens with one attached hydrogen (secondary N) is 1. The Kier molecular flexibility index (Phi) is 8.65. The number of carbonyl (C=O) groups is 1. The highest BCUT2D eigenvalue weighted by Gasteiger charge is 2.28. The highest BCUT2D eigenvalue weighted by molar-refractivity contribution is 9.10. The molecule has 8 heteroatoms. The highest BCUT2D eigenvalue weighted by atomic mass is 79.9. The van der Waals surface area contributed by atoms with Gasteiger partial charge in [0.1, 0.15) is 0 Å². The largest absolute Gasteiger partial charge is 0.349 e. The maximum Gasteiger partial charge on any atom is 0.277 e. The van der Waals surface area contributed by atoms with Gasteiger partial charge in [-0.25, -0.2) is 8.78 Å². The second-order valence-corrected chi connectivity index (χ2v) is 6.32. The summed E-state index contributed by atoms with van der Waals surface area (Å²) in [7, 11) is 0. The summed E-state index contributed by atoms with van der Waals surface area (Å²) in [6.45, 7) is 0.164. The Morgan fingerprint density at radius 3 is 2.50 bits per heavy atom. The molecular weight excluding hydrogens is 374 g/mol. The predicted octanol–water partition coefficient (Wildman–Crippen LogP) is 3.06. The number of nitrogens with two attached hydrogens (primary N) is 1. The van der Waals surface area contributed by atoms with Crippen molar-refractivity contribution < 1.29 is 13.6 Å². The van der Waals surface area contributed by atoms with E-state index >= 15 is 0 Å². The molecule has 20 heavy (non-hydrogen) atoms. The SMILES string of the molecule is CC(Sc1ccc(Br)cc1)C(=O)NCC(F)(F)CN.Cl. The van der Waals surface area contributed by atoms with Gasteiger partial charge >= 0.3 is 0 Å². The lowest BCUT2D eigenvalue weighted by molar-refractivity contribution is -0.122. The summed E-state index contributed by atoms with van der Waals surface area (Å²) < 4.78 is 26.7. The number of thioether (sulfide) groups is 1. The molecule has 1 unspecified atom stereocenters. The highest BCUT2D eigenvalue weighted by Crippen LogP contribution is 2.25. The second kappa shape index (κ2) is 8.81.